The summed E-state index contributed by atoms with van der Waals surface area (Å²) in [4.78, 5) is 14.9. The van der Waals surface area contributed by atoms with Crippen molar-refractivity contribution in [1.82, 2.24) is 4.90 Å². The summed E-state index contributed by atoms with van der Waals surface area (Å²) in [5, 5.41) is 3.53. The van der Waals surface area contributed by atoms with E-state index in [-0.39, 0.29) is 5.91 Å². The maximum atomic E-state index is 13.1. The number of nitrogens with one attached hydrogen (secondary N) is 1. The number of ether oxygens (including phenoxy) is 1. The molecule has 4 heteroatoms. The number of para-hydroxylation sites is 2. The molecule has 4 nitrogen and oxygen atoms in total. The molecule has 0 radical (unpaired) electrons. The summed E-state index contributed by atoms with van der Waals surface area (Å²) in [6.07, 6.45) is 1.75. The Bertz CT molecular complexity index is 772. The first kappa shape index (κ1) is 16.1. The summed E-state index contributed by atoms with van der Waals surface area (Å²) in [5.74, 6) is 0.759. The Morgan fingerprint density at radius 1 is 1.21 bits per heavy atom. The van der Waals surface area contributed by atoms with Gasteiger partial charge < -0.3 is 15.0 Å². The van der Waals surface area contributed by atoms with Crippen molar-refractivity contribution in [3.8, 4) is 5.75 Å². The normalized spacial score (nSPS) is 19.4. The molecule has 0 bridgehead atoms. The minimum Gasteiger partial charge on any atom is -0.493 e. The first-order valence-electron chi connectivity index (χ1n) is 8.14. The predicted octanol–water partition coefficient (Wildman–Crippen LogP) is 4.01. The number of fused-ring (bicyclic) bond motifs is 1. The van der Waals surface area contributed by atoms with E-state index in [0.717, 1.165) is 17.0 Å². The van der Waals surface area contributed by atoms with Gasteiger partial charge in [0.2, 0.25) is 0 Å². The third kappa shape index (κ3) is 2.54. The highest BCUT2D eigenvalue weighted by molar-refractivity contribution is 6.02. The van der Waals surface area contributed by atoms with Gasteiger partial charge in [-0.15, -0.1) is 6.58 Å². The Balaban J connectivity index is 2.17. The van der Waals surface area contributed by atoms with E-state index >= 15 is 0 Å². The highest BCUT2D eigenvalue weighted by Crippen LogP contribution is 2.41. The Morgan fingerprint density at radius 2 is 1.92 bits per heavy atom. The molecule has 24 heavy (non-hydrogen) atoms. The van der Waals surface area contributed by atoms with Crippen LogP contribution in [0.1, 0.15) is 29.8 Å². The van der Waals surface area contributed by atoms with Crippen LogP contribution in [-0.2, 0) is 5.66 Å². The van der Waals surface area contributed by atoms with Crippen molar-refractivity contribution in [1.29, 1.82) is 0 Å². The molecule has 1 aliphatic rings. The van der Waals surface area contributed by atoms with Crippen LogP contribution in [0.25, 0.3) is 0 Å². The van der Waals surface area contributed by atoms with Gasteiger partial charge in [-0.1, -0.05) is 36.4 Å². The molecule has 0 saturated heterocycles. The number of nitrogens with zero attached hydrogens (tertiary/aromatic N) is 1. The molecular formula is C20H22N2O2. The van der Waals surface area contributed by atoms with Crippen molar-refractivity contribution in [3.63, 3.8) is 0 Å². The average molecular weight is 322 g/mol. The van der Waals surface area contributed by atoms with Crippen LogP contribution in [0.15, 0.2) is 61.2 Å². The topological polar surface area (TPSA) is 41.6 Å². The van der Waals surface area contributed by atoms with Gasteiger partial charge in [0.15, 0.2) is 0 Å². The molecule has 0 spiro atoms. The Kier molecular flexibility index (Phi) is 4.30. The molecule has 1 atom stereocenters. The molecule has 1 unspecified atom stereocenters. The number of amides is 1. The lowest BCUT2D eigenvalue weighted by Crippen LogP contribution is -2.55. The highest BCUT2D eigenvalue weighted by Gasteiger charge is 2.43. The lowest BCUT2D eigenvalue weighted by Gasteiger charge is -2.46. The quantitative estimate of drug-likeness (QED) is 0.846. The first-order chi connectivity index (χ1) is 11.6. The van der Waals surface area contributed by atoms with Gasteiger partial charge in [0, 0.05) is 17.8 Å². The van der Waals surface area contributed by atoms with Crippen LogP contribution >= 0.6 is 0 Å². The van der Waals surface area contributed by atoms with E-state index in [1.165, 1.54) is 0 Å². The molecule has 2 aromatic rings. The number of hydrogen-bond acceptors (Lipinski definition) is 3. The molecular weight excluding hydrogens is 300 g/mol. The zero-order valence-electron chi connectivity index (χ0n) is 14.1. The van der Waals surface area contributed by atoms with Crippen molar-refractivity contribution in [2.45, 2.75) is 19.5 Å². The van der Waals surface area contributed by atoms with Crippen molar-refractivity contribution in [2.24, 2.45) is 0 Å². The van der Waals surface area contributed by atoms with Gasteiger partial charge >= 0.3 is 0 Å². The number of benzene rings is 2. The summed E-state index contributed by atoms with van der Waals surface area (Å²) in [7, 11) is 0. The van der Waals surface area contributed by atoms with E-state index in [4.69, 9.17) is 4.74 Å². The minimum absolute atomic E-state index is 0.0157. The maximum Gasteiger partial charge on any atom is 0.258 e. The zero-order valence-corrected chi connectivity index (χ0v) is 14.1. The van der Waals surface area contributed by atoms with Crippen LogP contribution in [0.4, 0.5) is 5.69 Å². The first-order valence-corrected chi connectivity index (χ1v) is 8.14. The molecule has 124 valence electrons. The van der Waals surface area contributed by atoms with Crippen LogP contribution in [0.2, 0.25) is 0 Å². The molecule has 0 fully saturated rings. The number of anilines is 1. The fourth-order valence-corrected chi connectivity index (χ4v) is 3.21. The zero-order chi connectivity index (χ0) is 17.2. The molecule has 1 aliphatic heterocycles. The van der Waals surface area contributed by atoms with Gasteiger partial charge in [-0.3, -0.25) is 4.79 Å². The largest absolute Gasteiger partial charge is 0.493 e. The standard InChI is InChI=1S/C20H22N2O2/c1-4-14-22-19(23)15-10-6-8-12-17(15)21-20(22,3)16-11-7-9-13-18(16)24-5-2/h4,6-13,21H,1,5,14H2,2-3H3. The summed E-state index contributed by atoms with van der Waals surface area (Å²) < 4.78 is 5.80. The second-order valence-corrected chi connectivity index (χ2v) is 5.88. The van der Waals surface area contributed by atoms with Crippen LogP contribution in [0.5, 0.6) is 5.75 Å². The van der Waals surface area contributed by atoms with Gasteiger partial charge in [-0.2, -0.15) is 0 Å². The van der Waals surface area contributed by atoms with Crippen LogP contribution in [0.3, 0.4) is 0 Å². The van der Waals surface area contributed by atoms with Crippen molar-refractivity contribution in [2.75, 3.05) is 18.5 Å². The number of carbonyl (C=O) groups is 1. The van der Waals surface area contributed by atoms with E-state index < -0.39 is 5.66 Å². The van der Waals surface area contributed by atoms with Crippen LogP contribution < -0.4 is 10.1 Å². The summed E-state index contributed by atoms with van der Waals surface area (Å²) in [5.41, 5.74) is 1.71. The monoisotopic (exact) mass is 322 g/mol. The average Bonchev–Trinajstić information content (AvgIpc) is 2.59. The van der Waals surface area contributed by atoms with Gasteiger partial charge in [-0.05, 0) is 32.0 Å². The number of carbonyl (C=O) groups excluding carboxylic acids is 1. The molecule has 0 aliphatic carbocycles. The Labute approximate surface area is 142 Å². The van der Waals surface area contributed by atoms with E-state index in [2.05, 4.69) is 11.9 Å². The fraction of sp³-hybridized carbons (Fsp3) is 0.250. The van der Waals surface area contributed by atoms with Gasteiger partial charge in [-0.25, -0.2) is 0 Å². The summed E-state index contributed by atoms with van der Waals surface area (Å²) >= 11 is 0. The molecule has 1 amide bonds. The van der Waals surface area contributed by atoms with E-state index in [1.54, 1.807) is 11.0 Å². The lowest BCUT2D eigenvalue weighted by molar-refractivity contribution is 0.0567. The Hall–Kier alpha value is -2.75. The van der Waals surface area contributed by atoms with Crippen molar-refractivity contribution < 1.29 is 9.53 Å². The third-order valence-corrected chi connectivity index (χ3v) is 4.34. The smallest absolute Gasteiger partial charge is 0.258 e. The summed E-state index contributed by atoms with van der Waals surface area (Å²) in [6.45, 7) is 8.78. The molecule has 3 rings (SSSR count). The van der Waals surface area contributed by atoms with Crippen molar-refractivity contribution in [3.05, 3.63) is 72.3 Å². The third-order valence-electron chi connectivity index (χ3n) is 4.34. The van der Waals surface area contributed by atoms with E-state index in [1.807, 2.05) is 62.4 Å². The fourth-order valence-electron chi connectivity index (χ4n) is 3.21. The maximum absolute atomic E-state index is 13.1. The second kappa shape index (κ2) is 6.40. The molecule has 1 N–H and O–H groups in total. The SMILES string of the molecule is C=CCN1C(=O)c2ccccc2NC1(C)c1ccccc1OCC. The van der Waals surface area contributed by atoms with Gasteiger partial charge in [0.1, 0.15) is 11.4 Å². The predicted molar refractivity (Wildman–Crippen MR) is 96.3 cm³/mol. The Morgan fingerprint density at radius 3 is 2.67 bits per heavy atom. The van der Waals surface area contributed by atoms with E-state index in [9.17, 15) is 4.79 Å². The lowest BCUT2D eigenvalue weighted by atomic mass is 9.92. The van der Waals surface area contributed by atoms with Crippen LogP contribution in [-0.4, -0.2) is 24.0 Å². The van der Waals surface area contributed by atoms with E-state index in [0.29, 0.717) is 18.7 Å². The number of hydrogen-bond donors (Lipinski definition) is 1. The van der Waals surface area contributed by atoms with Gasteiger partial charge in [0.25, 0.3) is 5.91 Å². The second-order valence-electron chi connectivity index (χ2n) is 5.88. The molecule has 0 saturated carbocycles. The molecule has 0 aromatic heterocycles. The van der Waals surface area contributed by atoms with Gasteiger partial charge in [0.05, 0.1) is 12.2 Å². The van der Waals surface area contributed by atoms with Crippen molar-refractivity contribution >= 4 is 11.6 Å². The summed E-state index contributed by atoms with van der Waals surface area (Å²) in [6, 6.07) is 15.4. The number of rotatable bonds is 5. The molecule has 1 heterocycles. The highest BCUT2D eigenvalue weighted by atomic mass is 16.5. The molecule has 2 aromatic carbocycles. The van der Waals surface area contributed by atoms with Crippen LogP contribution in [0, 0.1) is 0 Å². The minimum atomic E-state index is -0.717.